The highest BCUT2D eigenvalue weighted by Gasteiger charge is 2.28. The van der Waals surface area contributed by atoms with Crippen LogP contribution >= 0.6 is 15.9 Å². The van der Waals surface area contributed by atoms with Crippen LogP contribution in [-0.2, 0) is 0 Å². The smallest absolute Gasteiger partial charge is 0.295 e. The van der Waals surface area contributed by atoms with E-state index >= 15 is 0 Å². The third kappa shape index (κ3) is 2.46. The summed E-state index contributed by atoms with van der Waals surface area (Å²) in [5.74, 6) is -0.531. The molecule has 0 radical (unpaired) electrons. The van der Waals surface area contributed by atoms with Crippen molar-refractivity contribution in [3.63, 3.8) is 0 Å². The number of halogens is 2. The first-order chi connectivity index (χ1) is 8.52. The third-order valence-corrected chi connectivity index (χ3v) is 3.71. The summed E-state index contributed by atoms with van der Waals surface area (Å²) in [4.78, 5) is 12.2. The van der Waals surface area contributed by atoms with Gasteiger partial charge in [0.2, 0.25) is 0 Å². The summed E-state index contributed by atoms with van der Waals surface area (Å²) in [6.07, 6.45) is 0.780. The molecule has 2 rings (SSSR count). The predicted octanol–water partition coefficient (Wildman–Crippen LogP) is 2.32. The Bertz CT molecular complexity index is 484. The second kappa shape index (κ2) is 5.19. The lowest BCUT2D eigenvalue weighted by Gasteiger charge is -2.18. The van der Waals surface area contributed by atoms with Crippen LogP contribution in [0, 0.1) is 21.8 Å². The second-order valence-corrected chi connectivity index (χ2v) is 5.15. The Morgan fingerprint density at radius 1 is 1.61 bits per heavy atom. The zero-order chi connectivity index (χ0) is 13.3. The van der Waals surface area contributed by atoms with Crippen LogP contribution < -0.4 is 4.90 Å². The molecule has 0 aliphatic carbocycles. The molecule has 1 atom stereocenters. The average molecular weight is 319 g/mol. The number of hydrogen-bond donors (Lipinski definition) is 1. The molecule has 0 saturated carbocycles. The number of benzene rings is 1. The van der Waals surface area contributed by atoms with Gasteiger partial charge in [-0.15, -0.1) is 0 Å². The lowest BCUT2D eigenvalue weighted by molar-refractivity contribution is -0.384. The molecule has 5 nitrogen and oxygen atoms in total. The Labute approximate surface area is 111 Å². The molecule has 18 heavy (non-hydrogen) atoms. The molecule has 1 aromatic rings. The lowest BCUT2D eigenvalue weighted by atomic mass is 10.1. The number of anilines is 1. The van der Waals surface area contributed by atoms with Gasteiger partial charge in [-0.05, 0) is 28.4 Å². The number of nitrogens with zero attached hydrogens (tertiary/aromatic N) is 2. The first-order valence-corrected chi connectivity index (χ1v) is 6.31. The molecule has 1 N–H and O–H groups in total. The van der Waals surface area contributed by atoms with Gasteiger partial charge in [0.15, 0.2) is 0 Å². The van der Waals surface area contributed by atoms with Crippen molar-refractivity contribution in [2.75, 3.05) is 24.6 Å². The van der Waals surface area contributed by atoms with Crippen LogP contribution in [0.3, 0.4) is 0 Å². The number of rotatable bonds is 3. The third-order valence-electron chi connectivity index (χ3n) is 3.10. The highest BCUT2D eigenvalue weighted by Crippen LogP contribution is 2.35. The second-order valence-electron chi connectivity index (χ2n) is 4.30. The summed E-state index contributed by atoms with van der Waals surface area (Å²) < 4.78 is 13.5. The van der Waals surface area contributed by atoms with Gasteiger partial charge in [-0.2, -0.15) is 0 Å². The predicted molar refractivity (Wildman–Crippen MR) is 68.2 cm³/mol. The quantitative estimate of drug-likeness (QED) is 0.686. The number of nitro benzene ring substituents is 1. The largest absolute Gasteiger partial charge is 0.396 e. The van der Waals surface area contributed by atoms with Crippen molar-refractivity contribution < 1.29 is 14.4 Å². The molecule has 0 aromatic heterocycles. The van der Waals surface area contributed by atoms with Crippen molar-refractivity contribution >= 4 is 27.3 Å². The normalized spacial score (nSPS) is 19.3. The molecule has 1 aliphatic heterocycles. The fraction of sp³-hybridized carbons (Fsp3) is 0.455. The first kappa shape index (κ1) is 13.2. The molecular weight excluding hydrogens is 307 g/mol. The van der Waals surface area contributed by atoms with Crippen LogP contribution in [0.15, 0.2) is 16.6 Å². The highest BCUT2D eigenvalue weighted by atomic mass is 79.9. The van der Waals surface area contributed by atoms with Gasteiger partial charge in [0.05, 0.1) is 15.5 Å². The van der Waals surface area contributed by atoms with E-state index in [1.165, 1.54) is 6.07 Å². The SMILES string of the molecule is O=[N+]([O-])c1cc(F)c(Br)cc1N1CCC(CO)C1. The fourth-order valence-electron chi connectivity index (χ4n) is 2.13. The van der Waals surface area contributed by atoms with Crippen LogP contribution in [0.1, 0.15) is 6.42 Å². The van der Waals surface area contributed by atoms with Crippen LogP contribution in [0.4, 0.5) is 15.8 Å². The van der Waals surface area contributed by atoms with E-state index in [4.69, 9.17) is 5.11 Å². The Balaban J connectivity index is 2.37. The van der Waals surface area contributed by atoms with Crippen molar-refractivity contribution in [1.82, 2.24) is 0 Å². The monoisotopic (exact) mass is 318 g/mol. The number of nitro groups is 1. The molecule has 1 aliphatic rings. The van der Waals surface area contributed by atoms with Crippen molar-refractivity contribution in [3.05, 3.63) is 32.5 Å². The van der Waals surface area contributed by atoms with Crippen LogP contribution in [-0.4, -0.2) is 29.7 Å². The minimum Gasteiger partial charge on any atom is -0.396 e. The lowest BCUT2D eigenvalue weighted by Crippen LogP contribution is -2.21. The van der Waals surface area contributed by atoms with Gasteiger partial charge in [-0.1, -0.05) is 0 Å². The zero-order valence-corrected chi connectivity index (χ0v) is 11.1. The maximum Gasteiger partial charge on any atom is 0.295 e. The summed E-state index contributed by atoms with van der Waals surface area (Å²) in [6, 6.07) is 2.35. The summed E-state index contributed by atoms with van der Waals surface area (Å²) in [5.41, 5.74) is 0.151. The number of aliphatic hydroxyl groups excluding tert-OH is 1. The van der Waals surface area contributed by atoms with E-state index in [1.54, 1.807) is 0 Å². The molecule has 7 heteroatoms. The minimum atomic E-state index is -0.650. The summed E-state index contributed by atoms with van der Waals surface area (Å²) in [7, 11) is 0. The molecule has 98 valence electrons. The van der Waals surface area contributed by atoms with Crippen molar-refractivity contribution in [3.8, 4) is 0 Å². The summed E-state index contributed by atoms with van der Waals surface area (Å²) >= 11 is 3.03. The molecule has 1 saturated heterocycles. The highest BCUT2D eigenvalue weighted by molar-refractivity contribution is 9.10. The van der Waals surface area contributed by atoms with Gasteiger partial charge in [0.1, 0.15) is 11.5 Å². The molecule has 1 heterocycles. The molecule has 0 spiro atoms. The van der Waals surface area contributed by atoms with Crippen molar-refractivity contribution in [1.29, 1.82) is 0 Å². The molecule has 1 fully saturated rings. The summed E-state index contributed by atoms with van der Waals surface area (Å²) in [5, 5.41) is 20.0. The van der Waals surface area contributed by atoms with Gasteiger partial charge in [0.25, 0.3) is 5.69 Å². The number of hydrogen-bond acceptors (Lipinski definition) is 4. The number of aliphatic hydroxyl groups is 1. The summed E-state index contributed by atoms with van der Waals surface area (Å²) in [6.45, 7) is 1.24. The van der Waals surface area contributed by atoms with Crippen molar-refractivity contribution in [2.24, 2.45) is 5.92 Å². The maximum atomic E-state index is 13.3. The van der Waals surface area contributed by atoms with Crippen molar-refractivity contribution in [2.45, 2.75) is 6.42 Å². The van der Waals surface area contributed by atoms with Crippen LogP contribution in [0.5, 0.6) is 0 Å². The van der Waals surface area contributed by atoms with Crippen LogP contribution in [0.2, 0.25) is 0 Å². The van der Waals surface area contributed by atoms with E-state index in [-0.39, 0.29) is 22.7 Å². The Morgan fingerprint density at radius 2 is 2.33 bits per heavy atom. The van der Waals surface area contributed by atoms with Gasteiger partial charge >= 0.3 is 0 Å². The standard InChI is InChI=1S/C11H12BrFN2O3/c12-8-3-10(11(15(17)18)4-9(8)13)14-2-1-7(5-14)6-16/h3-4,7,16H,1-2,5-6H2. The zero-order valence-electron chi connectivity index (χ0n) is 9.47. The van der Waals surface area contributed by atoms with E-state index in [2.05, 4.69) is 15.9 Å². The topological polar surface area (TPSA) is 66.6 Å². The van der Waals surface area contributed by atoms with E-state index in [0.717, 1.165) is 12.5 Å². The molecule has 1 unspecified atom stereocenters. The molecular formula is C11H12BrFN2O3. The minimum absolute atomic E-state index is 0.0622. The van der Waals surface area contributed by atoms with Gasteiger partial charge in [-0.25, -0.2) is 4.39 Å². The Kier molecular flexibility index (Phi) is 3.82. The van der Waals surface area contributed by atoms with Gasteiger partial charge in [-0.3, -0.25) is 10.1 Å². The Morgan fingerprint density at radius 3 is 2.89 bits per heavy atom. The maximum absolute atomic E-state index is 13.3. The molecule has 0 amide bonds. The molecule has 0 bridgehead atoms. The van der Waals surface area contributed by atoms with E-state index < -0.39 is 10.7 Å². The Hall–Kier alpha value is -1.21. The van der Waals surface area contributed by atoms with E-state index in [1.807, 2.05) is 4.90 Å². The average Bonchev–Trinajstić information content (AvgIpc) is 2.80. The van der Waals surface area contributed by atoms with Crippen LogP contribution in [0.25, 0.3) is 0 Å². The first-order valence-electron chi connectivity index (χ1n) is 5.52. The van der Waals surface area contributed by atoms with Gasteiger partial charge < -0.3 is 10.0 Å². The van der Waals surface area contributed by atoms with Gasteiger partial charge in [0, 0.05) is 25.6 Å². The fourth-order valence-corrected chi connectivity index (χ4v) is 2.46. The van der Waals surface area contributed by atoms with E-state index in [9.17, 15) is 14.5 Å². The molecule has 1 aromatic carbocycles. The van der Waals surface area contributed by atoms with E-state index in [0.29, 0.717) is 18.8 Å².